The van der Waals surface area contributed by atoms with Crippen LogP contribution in [0, 0.1) is 0 Å². The summed E-state index contributed by atoms with van der Waals surface area (Å²) in [5.41, 5.74) is 3.28. The van der Waals surface area contributed by atoms with E-state index in [0.29, 0.717) is 17.9 Å². The number of aromatic nitrogens is 4. The van der Waals surface area contributed by atoms with Crippen LogP contribution in [0.1, 0.15) is 18.1 Å². The zero-order chi connectivity index (χ0) is 20.2. The van der Waals surface area contributed by atoms with Crippen molar-refractivity contribution in [2.24, 2.45) is 0 Å². The lowest BCUT2D eigenvalue weighted by atomic mass is 10.1. The second-order valence-corrected chi connectivity index (χ2v) is 7.45. The minimum Gasteiger partial charge on any atom is -0.423 e. The number of nitrogens with zero attached hydrogens (tertiary/aromatic N) is 4. The molecule has 0 aliphatic heterocycles. The number of hydrogen-bond acceptors (Lipinski definition) is 6. The van der Waals surface area contributed by atoms with Gasteiger partial charge >= 0.3 is 5.63 Å². The van der Waals surface area contributed by atoms with Crippen molar-refractivity contribution in [3.8, 4) is 11.4 Å². The standard InChI is InChI=1S/C22H20N4O2S/c1-3-11-26-21(16-7-9-23-10-8-16)24-25-22(26)29-14-17-13-20(27)28-19-12-15(4-2)5-6-18(17)19/h3,5-10,12-13H,1,4,11,14H2,2H3. The second kappa shape index (κ2) is 8.45. The first-order chi connectivity index (χ1) is 14.2. The highest BCUT2D eigenvalue weighted by Crippen LogP contribution is 2.29. The van der Waals surface area contributed by atoms with Gasteiger partial charge in [-0.2, -0.15) is 0 Å². The zero-order valence-corrected chi connectivity index (χ0v) is 16.9. The van der Waals surface area contributed by atoms with E-state index in [4.69, 9.17) is 4.42 Å². The SMILES string of the molecule is C=CCn1c(SCc2cc(=O)oc3cc(CC)ccc23)nnc1-c1ccncc1. The van der Waals surface area contributed by atoms with Crippen molar-refractivity contribution < 1.29 is 4.42 Å². The van der Waals surface area contributed by atoms with Gasteiger partial charge < -0.3 is 4.42 Å². The lowest BCUT2D eigenvalue weighted by molar-refractivity contribution is 0.559. The average molecular weight is 404 g/mol. The largest absolute Gasteiger partial charge is 0.423 e. The molecule has 6 nitrogen and oxygen atoms in total. The van der Waals surface area contributed by atoms with Gasteiger partial charge in [-0.05, 0) is 35.7 Å². The third kappa shape index (κ3) is 4.00. The number of aryl methyl sites for hydroxylation is 1. The molecule has 0 atom stereocenters. The van der Waals surface area contributed by atoms with E-state index in [1.165, 1.54) is 11.8 Å². The normalized spacial score (nSPS) is 11.1. The van der Waals surface area contributed by atoms with Crippen molar-refractivity contribution in [2.75, 3.05) is 0 Å². The van der Waals surface area contributed by atoms with Crippen molar-refractivity contribution in [2.45, 2.75) is 30.8 Å². The quantitative estimate of drug-likeness (QED) is 0.257. The van der Waals surface area contributed by atoms with Gasteiger partial charge in [-0.25, -0.2) is 4.79 Å². The van der Waals surface area contributed by atoms with Crippen LogP contribution in [0.4, 0.5) is 0 Å². The lowest BCUT2D eigenvalue weighted by Gasteiger charge is -2.09. The van der Waals surface area contributed by atoms with Crippen LogP contribution in [0.3, 0.4) is 0 Å². The molecular formula is C22H20N4O2S. The highest BCUT2D eigenvalue weighted by molar-refractivity contribution is 7.98. The molecule has 0 amide bonds. The Kier molecular flexibility index (Phi) is 5.57. The van der Waals surface area contributed by atoms with Gasteiger partial charge in [-0.15, -0.1) is 16.8 Å². The van der Waals surface area contributed by atoms with Crippen LogP contribution in [0.25, 0.3) is 22.4 Å². The van der Waals surface area contributed by atoms with Crippen molar-refractivity contribution in [1.82, 2.24) is 19.7 Å². The minimum absolute atomic E-state index is 0.341. The van der Waals surface area contributed by atoms with E-state index >= 15 is 0 Å². The highest BCUT2D eigenvalue weighted by Gasteiger charge is 2.15. The number of benzene rings is 1. The van der Waals surface area contributed by atoms with E-state index in [1.54, 1.807) is 18.5 Å². The summed E-state index contributed by atoms with van der Waals surface area (Å²) in [4.78, 5) is 16.1. The molecule has 3 heterocycles. The molecule has 0 aliphatic carbocycles. The van der Waals surface area contributed by atoms with E-state index in [0.717, 1.165) is 39.5 Å². The Morgan fingerprint density at radius 1 is 1.17 bits per heavy atom. The summed E-state index contributed by atoms with van der Waals surface area (Å²) < 4.78 is 7.41. The first kappa shape index (κ1) is 19.1. The Bertz CT molecular complexity index is 1210. The Morgan fingerprint density at radius 2 is 2.00 bits per heavy atom. The molecule has 0 radical (unpaired) electrons. The van der Waals surface area contributed by atoms with Crippen LogP contribution in [-0.4, -0.2) is 19.7 Å². The van der Waals surface area contributed by atoms with Gasteiger partial charge in [0.05, 0.1) is 0 Å². The first-order valence-electron chi connectivity index (χ1n) is 9.32. The Morgan fingerprint density at radius 3 is 2.76 bits per heavy atom. The van der Waals surface area contributed by atoms with E-state index in [1.807, 2.05) is 34.9 Å². The second-order valence-electron chi connectivity index (χ2n) is 6.50. The summed E-state index contributed by atoms with van der Waals surface area (Å²) in [5.74, 6) is 1.35. The number of rotatable bonds is 7. The van der Waals surface area contributed by atoms with Crippen LogP contribution in [0.15, 0.2) is 75.8 Å². The number of fused-ring (bicyclic) bond motifs is 1. The van der Waals surface area contributed by atoms with Crippen molar-refractivity contribution in [3.63, 3.8) is 0 Å². The molecule has 0 saturated heterocycles. The molecule has 4 rings (SSSR count). The van der Waals surface area contributed by atoms with Gasteiger partial charge in [-0.1, -0.05) is 36.9 Å². The summed E-state index contributed by atoms with van der Waals surface area (Å²) >= 11 is 1.53. The van der Waals surface area contributed by atoms with Crippen molar-refractivity contribution >= 4 is 22.7 Å². The van der Waals surface area contributed by atoms with E-state index < -0.39 is 0 Å². The van der Waals surface area contributed by atoms with Crippen LogP contribution in [0.2, 0.25) is 0 Å². The lowest BCUT2D eigenvalue weighted by Crippen LogP contribution is -2.02. The molecule has 29 heavy (non-hydrogen) atoms. The molecule has 0 spiro atoms. The highest BCUT2D eigenvalue weighted by atomic mass is 32.2. The van der Waals surface area contributed by atoms with Gasteiger partial charge in [0.15, 0.2) is 11.0 Å². The predicted molar refractivity (Wildman–Crippen MR) is 115 cm³/mol. The fourth-order valence-electron chi connectivity index (χ4n) is 3.16. The molecule has 0 saturated carbocycles. The third-order valence-electron chi connectivity index (χ3n) is 4.63. The fourth-order valence-corrected chi connectivity index (χ4v) is 4.10. The van der Waals surface area contributed by atoms with Crippen molar-refractivity contribution in [1.29, 1.82) is 0 Å². The maximum absolute atomic E-state index is 12.0. The molecule has 1 aromatic carbocycles. The Hall–Kier alpha value is -3.19. The number of hydrogen-bond donors (Lipinski definition) is 0. The fraction of sp³-hybridized carbons (Fsp3) is 0.182. The van der Waals surface area contributed by atoms with E-state index in [2.05, 4.69) is 34.8 Å². The topological polar surface area (TPSA) is 73.8 Å². The number of pyridine rings is 1. The monoisotopic (exact) mass is 404 g/mol. The molecular weight excluding hydrogens is 384 g/mol. The molecule has 7 heteroatoms. The van der Waals surface area contributed by atoms with E-state index in [-0.39, 0.29) is 5.63 Å². The smallest absolute Gasteiger partial charge is 0.336 e. The van der Waals surface area contributed by atoms with E-state index in [9.17, 15) is 4.79 Å². The molecule has 0 N–H and O–H groups in total. The summed E-state index contributed by atoms with van der Waals surface area (Å²) in [6.45, 7) is 6.51. The third-order valence-corrected chi connectivity index (χ3v) is 5.64. The average Bonchev–Trinajstić information content (AvgIpc) is 3.15. The minimum atomic E-state index is -0.341. The molecule has 4 aromatic rings. The zero-order valence-electron chi connectivity index (χ0n) is 16.0. The molecule has 0 fully saturated rings. The summed E-state index contributed by atoms with van der Waals surface area (Å²) in [7, 11) is 0. The van der Waals surface area contributed by atoms with Crippen molar-refractivity contribution in [3.05, 3.63) is 83.0 Å². The predicted octanol–water partition coefficient (Wildman–Crippen LogP) is 4.49. The molecule has 0 aliphatic rings. The molecule has 146 valence electrons. The molecule has 0 bridgehead atoms. The van der Waals surface area contributed by atoms with Gasteiger partial charge in [0.25, 0.3) is 0 Å². The van der Waals surface area contributed by atoms with Crippen LogP contribution < -0.4 is 5.63 Å². The summed E-state index contributed by atoms with van der Waals surface area (Å²) in [5, 5.41) is 10.4. The van der Waals surface area contributed by atoms with Crippen LogP contribution >= 0.6 is 11.8 Å². The maximum Gasteiger partial charge on any atom is 0.336 e. The van der Waals surface area contributed by atoms with Crippen LogP contribution in [0.5, 0.6) is 0 Å². The van der Waals surface area contributed by atoms with Crippen LogP contribution in [-0.2, 0) is 18.7 Å². The Balaban J connectivity index is 1.67. The van der Waals surface area contributed by atoms with Gasteiger partial charge in [0.1, 0.15) is 5.58 Å². The number of allylic oxidation sites excluding steroid dienone is 1. The number of thioether (sulfide) groups is 1. The Labute approximate surface area is 172 Å². The molecule has 0 unspecified atom stereocenters. The summed E-state index contributed by atoms with van der Waals surface area (Å²) in [6.07, 6.45) is 6.17. The first-order valence-corrected chi connectivity index (χ1v) is 10.3. The molecule has 3 aromatic heterocycles. The van der Waals surface area contributed by atoms with Gasteiger partial charge in [0.2, 0.25) is 0 Å². The van der Waals surface area contributed by atoms with Gasteiger partial charge in [0, 0.05) is 41.7 Å². The maximum atomic E-state index is 12.0. The van der Waals surface area contributed by atoms with Gasteiger partial charge in [-0.3, -0.25) is 9.55 Å². The summed E-state index contributed by atoms with van der Waals surface area (Å²) in [6, 6.07) is 11.4.